The van der Waals surface area contributed by atoms with Gasteiger partial charge in [-0.2, -0.15) is 0 Å². The first-order valence-corrected chi connectivity index (χ1v) is 6.91. The quantitative estimate of drug-likeness (QED) is 0.764. The van der Waals surface area contributed by atoms with Crippen LogP contribution in [0, 0.1) is 0 Å². The van der Waals surface area contributed by atoms with Crippen molar-refractivity contribution in [2.45, 2.75) is 31.0 Å². The van der Waals surface area contributed by atoms with E-state index in [4.69, 9.17) is 10.5 Å². The number of nitrogens with one attached hydrogen (secondary N) is 1. The third-order valence-corrected chi connectivity index (χ3v) is 3.92. The Bertz CT molecular complexity index is 538. The van der Waals surface area contributed by atoms with Crippen LogP contribution >= 0.6 is 0 Å². The van der Waals surface area contributed by atoms with Crippen LogP contribution in [0.2, 0.25) is 0 Å². The van der Waals surface area contributed by atoms with Gasteiger partial charge in [0.05, 0.1) is 24.4 Å². The van der Waals surface area contributed by atoms with Crippen LogP contribution in [0.5, 0.6) is 0 Å². The van der Waals surface area contributed by atoms with Gasteiger partial charge in [0.1, 0.15) is 5.69 Å². The molecule has 0 unspecified atom stereocenters. The summed E-state index contributed by atoms with van der Waals surface area (Å²) in [5, 5.41) is 2.86. The number of amides is 3. The second kappa shape index (κ2) is 5.65. The normalized spacial score (nSPS) is 28.0. The summed E-state index contributed by atoms with van der Waals surface area (Å²) >= 11 is 0. The molecule has 2 aliphatic rings. The minimum Gasteiger partial charge on any atom is -0.374 e. The van der Waals surface area contributed by atoms with Crippen molar-refractivity contribution in [1.29, 1.82) is 0 Å². The molecule has 2 saturated heterocycles. The summed E-state index contributed by atoms with van der Waals surface area (Å²) in [6.45, 7) is 0.988. The SMILES string of the molecule is NC(=O)N1C[C@@H](NC(=O)c2cnccn2)[C@H]2OCCC[C@H]21. The van der Waals surface area contributed by atoms with E-state index in [2.05, 4.69) is 15.3 Å². The van der Waals surface area contributed by atoms with Gasteiger partial charge < -0.3 is 20.7 Å². The van der Waals surface area contributed by atoms with Gasteiger partial charge in [0.25, 0.3) is 5.91 Å². The number of urea groups is 1. The third kappa shape index (κ3) is 2.66. The fourth-order valence-corrected chi connectivity index (χ4v) is 3.00. The maximum Gasteiger partial charge on any atom is 0.315 e. The zero-order chi connectivity index (χ0) is 14.8. The summed E-state index contributed by atoms with van der Waals surface area (Å²) in [6, 6.07) is -0.826. The zero-order valence-electron chi connectivity index (χ0n) is 11.4. The molecule has 2 fully saturated rings. The van der Waals surface area contributed by atoms with Gasteiger partial charge in [-0.25, -0.2) is 9.78 Å². The Morgan fingerprint density at radius 3 is 3.00 bits per heavy atom. The number of fused-ring (bicyclic) bond motifs is 1. The van der Waals surface area contributed by atoms with E-state index in [1.165, 1.54) is 18.6 Å². The van der Waals surface area contributed by atoms with Crippen molar-refractivity contribution in [3.63, 3.8) is 0 Å². The van der Waals surface area contributed by atoms with Crippen LogP contribution in [-0.4, -0.2) is 58.1 Å². The molecule has 3 N–H and O–H groups in total. The standard InChI is InChI=1S/C13H17N5O3/c14-13(20)18-7-9(11-10(18)2-1-5-21-11)17-12(19)8-6-15-3-4-16-8/h3-4,6,9-11H,1-2,5,7H2,(H2,14,20)(H,17,19)/t9-,10-,11-/m1/s1. The number of hydrogen-bond donors (Lipinski definition) is 2. The molecule has 0 spiro atoms. The van der Waals surface area contributed by atoms with Crippen LogP contribution in [0.3, 0.4) is 0 Å². The molecule has 3 rings (SSSR count). The van der Waals surface area contributed by atoms with E-state index >= 15 is 0 Å². The Labute approximate surface area is 121 Å². The summed E-state index contributed by atoms with van der Waals surface area (Å²) < 4.78 is 5.73. The van der Waals surface area contributed by atoms with Crippen molar-refractivity contribution in [2.24, 2.45) is 5.73 Å². The van der Waals surface area contributed by atoms with Gasteiger partial charge in [0.15, 0.2) is 0 Å². The average Bonchev–Trinajstić information content (AvgIpc) is 2.87. The van der Waals surface area contributed by atoms with E-state index in [9.17, 15) is 9.59 Å². The summed E-state index contributed by atoms with van der Waals surface area (Å²) in [5.74, 6) is -0.327. The van der Waals surface area contributed by atoms with Crippen molar-refractivity contribution in [1.82, 2.24) is 20.2 Å². The highest BCUT2D eigenvalue weighted by Gasteiger charge is 2.46. The highest BCUT2D eigenvalue weighted by Crippen LogP contribution is 2.28. The molecule has 3 atom stereocenters. The molecule has 0 aromatic carbocycles. The lowest BCUT2D eigenvalue weighted by atomic mass is 10.0. The lowest BCUT2D eigenvalue weighted by Gasteiger charge is -2.31. The average molecular weight is 291 g/mol. The number of hydrogen-bond acceptors (Lipinski definition) is 5. The number of carbonyl (C=O) groups excluding carboxylic acids is 2. The molecular formula is C13H17N5O3. The molecule has 8 nitrogen and oxygen atoms in total. The number of ether oxygens (including phenoxy) is 1. The number of nitrogens with zero attached hydrogens (tertiary/aromatic N) is 3. The maximum absolute atomic E-state index is 12.1. The fraction of sp³-hybridized carbons (Fsp3) is 0.538. The van der Waals surface area contributed by atoms with E-state index in [0.29, 0.717) is 13.2 Å². The molecule has 2 aliphatic heterocycles. The van der Waals surface area contributed by atoms with Crippen LogP contribution in [0.4, 0.5) is 4.79 Å². The summed E-state index contributed by atoms with van der Waals surface area (Å²) in [6.07, 6.45) is 5.86. The van der Waals surface area contributed by atoms with Crippen LogP contribution in [-0.2, 0) is 4.74 Å². The van der Waals surface area contributed by atoms with E-state index in [1.807, 2.05) is 0 Å². The van der Waals surface area contributed by atoms with Crippen LogP contribution < -0.4 is 11.1 Å². The second-order valence-corrected chi connectivity index (χ2v) is 5.21. The molecule has 8 heteroatoms. The number of carbonyl (C=O) groups is 2. The predicted octanol–water partition coefficient (Wildman–Crippen LogP) is -0.483. The molecule has 0 aliphatic carbocycles. The molecule has 0 saturated carbocycles. The van der Waals surface area contributed by atoms with Gasteiger partial charge in [0, 0.05) is 25.5 Å². The molecule has 0 bridgehead atoms. The van der Waals surface area contributed by atoms with Crippen LogP contribution in [0.15, 0.2) is 18.6 Å². The van der Waals surface area contributed by atoms with Crippen molar-refractivity contribution in [2.75, 3.05) is 13.2 Å². The molecule has 21 heavy (non-hydrogen) atoms. The molecule has 3 amide bonds. The lowest BCUT2D eigenvalue weighted by molar-refractivity contribution is -0.0141. The number of nitrogens with two attached hydrogens (primary N) is 1. The molecule has 112 valence electrons. The summed E-state index contributed by atoms with van der Waals surface area (Å²) in [5.41, 5.74) is 5.64. The summed E-state index contributed by atoms with van der Waals surface area (Å²) in [7, 11) is 0. The number of aromatic nitrogens is 2. The Morgan fingerprint density at radius 1 is 1.43 bits per heavy atom. The third-order valence-electron chi connectivity index (χ3n) is 3.92. The van der Waals surface area contributed by atoms with Gasteiger partial charge in [-0.3, -0.25) is 9.78 Å². The Morgan fingerprint density at radius 2 is 2.29 bits per heavy atom. The number of primary amides is 1. The largest absolute Gasteiger partial charge is 0.374 e. The topological polar surface area (TPSA) is 110 Å². The fourth-order valence-electron chi connectivity index (χ4n) is 3.00. The molecular weight excluding hydrogens is 274 g/mol. The smallest absolute Gasteiger partial charge is 0.315 e. The van der Waals surface area contributed by atoms with Gasteiger partial charge in [-0.15, -0.1) is 0 Å². The molecule has 0 radical (unpaired) electrons. The van der Waals surface area contributed by atoms with E-state index < -0.39 is 6.03 Å². The van der Waals surface area contributed by atoms with Gasteiger partial charge >= 0.3 is 6.03 Å². The lowest BCUT2D eigenvalue weighted by Crippen LogP contribution is -2.48. The van der Waals surface area contributed by atoms with E-state index in [1.54, 1.807) is 4.90 Å². The molecule has 1 aromatic rings. The Kier molecular flexibility index (Phi) is 3.70. The maximum atomic E-state index is 12.1. The van der Waals surface area contributed by atoms with Crippen LogP contribution in [0.1, 0.15) is 23.3 Å². The van der Waals surface area contributed by atoms with Crippen molar-refractivity contribution in [3.05, 3.63) is 24.3 Å². The first kappa shape index (κ1) is 13.7. The monoisotopic (exact) mass is 291 g/mol. The number of likely N-dealkylation sites (tertiary alicyclic amines) is 1. The van der Waals surface area contributed by atoms with Crippen molar-refractivity contribution in [3.8, 4) is 0 Å². The Hall–Kier alpha value is -2.22. The van der Waals surface area contributed by atoms with E-state index in [0.717, 1.165) is 12.8 Å². The van der Waals surface area contributed by atoms with Gasteiger partial charge in [-0.05, 0) is 12.8 Å². The molecule has 3 heterocycles. The summed E-state index contributed by atoms with van der Waals surface area (Å²) in [4.78, 5) is 33.1. The Balaban J connectivity index is 1.73. The van der Waals surface area contributed by atoms with Gasteiger partial charge in [0.2, 0.25) is 0 Å². The highest BCUT2D eigenvalue weighted by atomic mass is 16.5. The minimum atomic E-state index is -0.480. The van der Waals surface area contributed by atoms with Crippen molar-refractivity contribution < 1.29 is 14.3 Å². The zero-order valence-corrected chi connectivity index (χ0v) is 11.4. The van der Waals surface area contributed by atoms with Crippen molar-refractivity contribution >= 4 is 11.9 Å². The minimum absolute atomic E-state index is 0.0663. The second-order valence-electron chi connectivity index (χ2n) is 5.21. The number of rotatable bonds is 2. The molecule has 1 aromatic heterocycles. The predicted molar refractivity (Wildman–Crippen MR) is 72.3 cm³/mol. The van der Waals surface area contributed by atoms with Gasteiger partial charge in [-0.1, -0.05) is 0 Å². The first-order chi connectivity index (χ1) is 10.2. The van der Waals surface area contributed by atoms with E-state index in [-0.39, 0.29) is 29.8 Å². The highest BCUT2D eigenvalue weighted by molar-refractivity contribution is 5.92. The van der Waals surface area contributed by atoms with Crippen LogP contribution in [0.25, 0.3) is 0 Å². The first-order valence-electron chi connectivity index (χ1n) is 6.91.